The first-order valence-electron chi connectivity index (χ1n) is 18.3. The Hall–Kier alpha value is -6.27. The van der Waals surface area contributed by atoms with Gasteiger partial charge in [0.05, 0.1) is 44.1 Å². The van der Waals surface area contributed by atoms with Crippen molar-refractivity contribution in [3.8, 4) is 22.6 Å². The lowest BCUT2D eigenvalue weighted by Gasteiger charge is -2.35. The Kier molecular flexibility index (Phi) is 11.9. The topological polar surface area (TPSA) is 218 Å². The zero-order valence-electron chi connectivity index (χ0n) is 32.3. The molecule has 6 rings (SSSR count). The number of carboxylic acid groups (broad SMARTS) is 1. The van der Waals surface area contributed by atoms with Crippen molar-refractivity contribution in [2.45, 2.75) is 37.9 Å². The van der Waals surface area contributed by atoms with Gasteiger partial charge in [-0.25, -0.2) is 9.59 Å². The summed E-state index contributed by atoms with van der Waals surface area (Å²) in [6.07, 6.45) is 1.90. The van der Waals surface area contributed by atoms with Crippen molar-refractivity contribution in [3.63, 3.8) is 0 Å². The number of carbonyl (C=O) groups is 6. The lowest BCUT2D eigenvalue weighted by atomic mass is 9.87. The molecule has 57 heavy (non-hydrogen) atoms. The molecule has 3 aliphatic rings. The highest BCUT2D eigenvalue weighted by atomic mass is 16.5. The molecule has 0 spiro atoms. The van der Waals surface area contributed by atoms with Gasteiger partial charge in [-0.15, -0.1) is 0 Å². The normalized spacial score (nSPS) is 17.6. The van der Waals surface area contributed by atoms with E-state index in [4.69, 9.17) is 14.2 Å². The lowest BCUT2D eigenvalue weighted by molar-refractivity contribution is -0.143. The summed E-state index contributed by atoms with van der Waals surface area (Å²) in [7, 11) is 8.48. The number of nitrogens with one attached hydrogen (secondary N) is 3. The third kappa shape index (κ3) is 7.90. The molecule has 2 atom stereocenters. The summed E-state index contributed by atoms with van der Waals surface area (Å²) in [6.45, 7) is 1.03. The van der Waals surface area contributed by atoms with Gasteiger partial charge in [0.1, 0.15) is 17.5 Å². The van der Waals surface area contributed by atoms with E-state index in [9.17, 15) is 38.7 Å². The first-order chi connectivity index (χ1) is 27.3. The van der Waals surface area contributed by atoms with Crippen molar-refractivity contribution in [3.05, 3.63) is 74.7 Å². The Morgan fingerprint density at radius 2 is 1.68 bits per heavy atom. The van der Waals surface area contributed by atoms with Gasteiger partial charge in [-0.3, -0.25) is 34.2 Å². The molecule has 3 aliphatic heterocycles. The molecule has 18 heteroatoms. The predicted octanol–water partition coefficient (Wildman–Crippen LogP) is 1.35. The molecule has 1 fully saturated rings. The first kappa shape index (κ1) is 40.4. The second-order valence-corrected chi connectivity index (χ2v) is 14.1. The fourth-order valence-electron chi connectivity index (χ4n) is 7.56. The second kappa shape index (κ2) is 16.8. The molecule has 1 aromatic heterocycles. The minimum Gasteiger partial charge on any atom is -0.496 e. The van der Waals surface area contributed by atoms with Gasteiger partial charge in [-0.2, -0.15) is 0 Å². The van der Waals surface area contributed by atoms with Crippen LogP contribution >= 0.6 is 0 Å². The number of pyridine rings is 1. The number of urea groups is 1. The van der Waals surface area contributed by atoms with E-state index in [0.29, 0.717) is 40.4 Å². The van der Waals surface area contributed by atoms with Gasteiger partial charge in [0.2, 0.25) is 11.8 Å². The maximum Gasteiger partial charge on any atom is 0.331 e. The van der Waals surface area contributed by atoms with Crippen LogP contribution in [-0.2, 0) is 39.1 Å². The number of aliphatic carboxylic acids is 1. The molecule has 0 aliphatic carbocycles. The average molecular weight is 788 g/mol. The maximum absolute atomic E-state index is 13.6. The summed E-state index contributed by atoms with van der Waals surface area (Å²) in [5.41, 5.74) is 2.66. The number of hydrogen-bond acceptors (Lipinski definition) is 12. The molecule has 18 nitrogen and oxygen atoms in total. The van der Waals surface area contributed by atoms with Crippen molar-refractivity contribution >= 4 is 41.3 Å². The molecule has 1 saturated heterocycles. The molecular formula is C39H45N7O11. The Bertz CT molecular complexity index is 2200. The van der Waals surface area contributed by atoms with Gasteiger partial charge >= 0.3 is 12.0 Å². The number of methoxy groups -OCH3 is 2. The van der Waals surface area contributed by atoms with Crippen LogP contribution in [0.25, 0.3) is 11.1 Å². The molecule has 302 valence electrons. The van der Waals surface area contributed by atoms with Crippen LogP contribution in [0.5, 0.6) is 11.5 Å². The monoisotopic (exact) mass is 787 g/mol. The minimum atomic E-state index is -1.56. The van der Waals surface area contributed by atoms with Crippen molar-refractivity contribution in [2.75, 3.05) is 66.5 Å². The highest BCUT2D eigenvalue weighted by Crippen LogP contribution is 2.41. The van der Waals surface area contributed by atoms with E-state index in [1.807, 2.05) is 31.1 Å². The van der Waals surface area contributed by atoms with Crippen LogP contribution in [0.4, 0.5) is 10.5 Å². The average Bonchev–Trinajstić information content (AvgIpc) is 3.43. The smallest absolute Gasteiger partial charge is 0.331 e. The zero-order valence-corrected chi connectivity index (χ0v) is 32.3. The van der Waals surface area contributed by atoms with E-state index >= 15 is 0 Å². The quantitative estimate of drug-likeness (QED) is 0.134. The van der Waals surface area contributed by atoms with E-state index in [1.165, 1.54) is 24.8 Å². The number of fused-ring (bicyclic) bond motifs is 2. The number of piperidine rings is 1. The molecule has 4 N–H and O–H groups in total. The number of rotatable bonds is 14. The summed E-state index contributed by atoms with van der Waals surface area (Å²) in [5.74, 6) is -2.66. The van der Waals surface area contributed by atoms with Crippen LogP contribution in [0.3, 0.4) is 0 Å². The van der Waals surface area contributed by atoms with Crippen LogP contribution < -0.4 is 31.0 Å². The highest BCUT2D eigenvalue weighted by molar-refractivity contribution is 6.25. The molecule has 3 aromatic rings. The van der Waals surface area contributed by atoms with E-state index in [-0.39, 0.29) is 68.8 Å². The number of anilines is 1. The fraction of sp³-hybridized carbons (Fsp3) is 0.410. The molecule has 2 aromatic carbocycles. The molecular weight excluding hydrogens is 742 g/mol. The lowest BCUT2D eigenvalue weighted by Crippen LogP contribution is -2.54. The van der Waals surface area contributed by atoms with Gasteiger partial charge in [0, 0.05) is 68.2 Å². The summed E-state index contributed by atoms with van der Waals surface area (Å²) >= 11 is 0. The number of imide groups is 2. The van der Waals surface area contributed by atoms with Gasteiger partial charge in [-0.05, 0) is 56.8 Å². The largest absolute Gasteiger partial charge is 0.496 e. The van der Waals surface area contributed by atoms with Crippen LogP contribution in [0.2, 0.25) is 0 Å². The summed E-state index contributed by atoms with van der Waals surface area (Å²) < 4.78 is 18.4. The standard InChI is InChI=1S/C39H45N7O11/c1-43(2)19-21-17-29(56-5)24(18-28(21)55-4)25-20-44(3)36(50)32-22(25)11-14-45(33(32)38(52)53)39(54)41-13-16-57-15-12-40-26-8-6-7-23-31(26)37(51)46(35(23)49)27-9-10-30(47)42-34(27)48/h6-8,17-18,20,27,33,40H,9-16,19H2,1-5H3,(H,41,54)(H,52,53)(H,42,47,48). The third-order valence-electron chi connectivity index (χ3n) is 10.1. The number of hydrogen-bond donors (Lipinski definition) is 4. The number of carbonyl (C=O) groups excluding carboxylic acids is 5. The van der Waals surface area contributed by atoms with E-state index in [1.54, 1.807) is 25.4 Å². The van der Waals surface area contributed by atoms with Crippen molar-refractivity contribution < 1.29 is 48.1 Å². The Labute approximate surface area is 327 Å². The van der Waals surface area contributed by atoms with E-state index < -0.39 is 53.3 Å². The molecule has 0 bridgehead atoms. The number of carboxylic acids is 1. The molecule has 4 heterocycles. The third-order valence-corrected chi connectivity index (χ3v) is 10.1. The van der Waals surface area contributed by atoms with E-state index in [2.05, 4.69) is 16.0 Å². The second-order valence-electron chi connectivity index (χ2n) is 14.1. The molecule has 6 amide bonds. The molecule has 0 saturated carbocycles. The zero-order chi connectivity index (χ0) is 41.1. The predicted molar refractivity (Wildman–Crippen MR) is 204 cm³/mol. The summed E-state index contributed by atoms with van der Waals surface area (Å²) in [5, 5.41) is 18.4. The molecule has 0 radical (unpaired) electrons. The van der Waals surface area contributed by atoms with Crippen LogP contribution in [0, 0.1) is 0 Å². The van der Waals surface area contributed by atoms with Crippen molar-refractivity contribution in [1.82, 2.24) is 29.9 Å². The minimum absolute atomic E-state index is 0.0131. The Balaban J connectivity index is 1.08. The van der Waals surface area contributed by atoms with Gasteiger partial charge in [-0.1, -0.05) is 6.07 Å². The molecule has 2 unspecified atom stereocenters. The van der Waals surface area contributed by atoms with Crippen molar-refractivity contribution in [2.24, 2.45) is 7.05 Å². The van der Waals surface area contributed by atoms with Crippen LogP contribution in [-0.4, -0.2) is 127 Å². The van der Waals surface area contributed by atoms with E-state index in [0.717, 1.165) is 15.4 Å². The fourth-order valence-corrected chi connectivity index (χ4v) is 7.56. The van der Waals surface area contributed by atoms with Gasteiger partial charge in [0.25, 0.3) is 17.4 Å². The number of amides is 6. The summed E-state index contributed by atoms with van der Waals surface area (Å²) in [6, 6.07) is 5.07. The number of nitrogens with zero attached hydrogens (tertiary/aromatic N) is 4. The highest BCUT2D eigenvalue weighted by Gasteiger charge is 2.46. The van der Waals surface area contributed by atoms with Crippen LogP contribution in [0.15, 0.2) is 41.3 Å². The SMILES string of the molecule is COc1cc(-c2cn(C)c(=O)c3c2CCN(C(=O)NCCOCCNc2cccc4c2C(=O)N(C2CCC(=O)NC2=O)C4=O)C3C(=O)O)c(OC)cc1CN(C)C. The van der Waals surface area contributed by atoms with Crippen LogP contribution in [0.1, 0.15) is 56.3 Å². The van der Waals surface area contributed by atoms with Gasteiger partial charge in [0.15, 0.2) is 6.04 Å². The first-order valence-corrected chi connectivity index (χ1v) is 18.3. The summed E-state index contributed by atoms with van der Waals surface area (Å²) in [4.78, 5) is 94.2. The van der Waals surface area contributed by atoms with Gasteiger partial charge < -0.3 is 44.3 Å². The maximum atomic E-state index is 13.6. The number of ether oxygens (including phenoxy) is 3. The number of aromatic nitrogens is 1. The Morgan fingerprint density at radius 3 is 2.37 bits per heavy atom. The number of aryl methyl sites for hydroxylation is 1. The number of benzene rings is 2. The van der Waals surface area contributed by atoms with Crippen molar-refractivity contribution in [1.29, 1.82) is 0 Å². The Morgan fingerprint density at radius 1 is 0.947 bits per heavy atom.